The standard InChI is InChI=1S/C17H22N4O/c1-13-8-9-18-17(19-13)20-14-5-4-10-21(12-14)15-6-3-7-16(11-15)22-2/h3,6-9,11,14H,4-5,10,12H2,1-2H3,(H,18,19,20). The molecule has 1 N–H and O–H groups in total. The van der Waals surface area contributed by atoms with Gasteiger partial charge >= 0.3 is 0 Å². The van der Waals surface area contributed by atoms with E-state index in [-0.39, 0.29) is 0 Å². The Kier molecular flexibility index (Phi) is 4.42. The second kappa shape index (κ2) is 6.64. The van der Waals surface area contributed by atoms with Crippen molar-refractivity contribution < 1.29 is 4.74 Å². The number of benzene rings is 1. The van der Waals surface area contributed by atoms with E-state index >= 15 is 0 Å². The molecule has 116 valence electrons. The number of nitrogens with zero attached hydrogens (tertiary/aromatic N) is 3. The molecule has 0 radical (unpaired) electrons. The van der Waals surface area contributed by atoms with Crippen molar-refractivity contribution in [1.82, 2.24) is 9.97 Å². The zero-order valence-electron chi connectivity index (χ0n) is 13.1. The molecular weight excluding hydrogens is 276 g/mol. The molecule has 2 aromatic rings. The van der Waals surface area contributed by atoms with Crippen LogP contribution in [-0.2, 0) is 0 Å². The SMILES string of the molecule is COc1cccc(N2CCCC(Nc3nccc(C)n3)C2)c1. The van der Waals surface area contributed by atoms with E-state index in [1.54, 1.807) is 13.3 Å². The lowest BCUT2D eigenvalue weighted by Crippen LogP contribution is -2.42. The Bertz CT molecular complexity index is 632. The van der Waals surface area contributed by atoms with Gasteiger partial charge in [-0.05, 0) is 38.0 Å². The summed E-state index contributed by atoms with van der Waals surface area (Å²) in [4.78, 5) is 11.1. The van der Waals surface area contributed by atoms with E-state index in [0.29, 0.717) is 6.04 Å². The Morgan fingerprint density at radius 1 is 1.32 bits per heavy atom. The number of rotatable bonds is 4. The second-order valence-corrected chi connectivity index (χ2v) is 5.65. The molecule has 1 unspecified atom stereocenters. The molecule has 1 fully saturated rings. The van der Waals surface area contributed by atoms with Crippen LogP contribution in [0.3, 0.4) is 0 Å². The van der Waals surface area contributed by atoms with Crippen molar-refractivity contribution in [3.05, 3.63) is 42.2 Å². The van der Waals surface area contributed by atoms with Crippen LogP contribution >= 0.6 is 0 Å². The number of aryl methyl sites for hydroxylation is 1. The average molecular weight is 298 g/mol. The highest BCUT2D eigenvalue weighted by molar-refractivity contribution is 5.51. The van der Waals surface area contributed by atoms with Gasteiger partial charge in [0, 0.05) is 42.8 Å². The Hall–Kier alpha value is -2.30. The number of aromatic nitrogens is 2. The van der Waals surface area contributed by atoms with Gasteiger partial charge in [0.05, 0.1) is 7.11 Å². The summed E-state index contributed by atoms with van der Waals surface area (Å²) >= 11 is 0. The normalized spacial score (nSPS) is 18.1. The molecule has 5 nitrogen and oxygen atoms in total. The maximum atomic E-state index is 5.32. The lowest BCUT2D eigenvalue weighted by atomic mass is 10.0. The van der Waals surface area contributed by atoms with Crippen molar-refractivity contribution in [2.45, 2.75) is 25.8 Å². The third-order valence-electron chi connectivity index (χ3n) is 3.97. The smallest absolute Gasteiger partial charge is 0.223 e. The van der Waals surface area contributed by atoms with Crippen LogP contribution in [0.4, 0.5) is 11.6 Å². The Morgan fingerprint density at radius 2 is 2.23 bits per heavy atom. The van der Waals surface area contributed by atoms with E-state index in [1.807, 2.05) is 25.1 Å². The highest BCUT2D eigenvalue weighted by Crippen LogP contribution is 2.24. The van der Waals surface area contributed by atoms with Gasteiger partial charge in [0.15, 0.2) is 0 Å². The predicted octanol–water partition coefficient (Wildman–Crippen LogP) is 2.87. The van der Waals surface area contributed by atoms with Crippen molar-refractivity contribution in [3.8, 4) is 5.75 Å². The second-order valence-electron chi connectivity index (χ2n) is 5.65. The number of hydrogen-bond donors (Lipinski definition) is 1. The number of nitrogens with one attached hydrogen (secondary N) is 1. The molecule has 0 spiro atoms. The van der Waals surface area contributed by atoms with E-state index in [0.717, 1.165) is 43.3 Å². The molecule has 0 aliphatic carbocycles. The van der Waals surface area contributed by atoms with Gasteiger partial charge < -0.3 is 15.0 Å². The van der Waals surface area contributed by atoms with Gasteiger partial charge in [-0.25, -0.2) is 9.97 Å². The highest BCUT2D eigenvalue weighted by atomic mass is 16.5. The molecule has 1 aliphatic rings. The summed E-state index contributed by atoms with van der Waals surface area (Å²) in [7, 11) is 1.70. The molecule has 1 aromatic heterocycles. The number of piperidine rings is 1. The van der Waals surface area contributed by atoms with E-state index < -0.39 is 0 Å². The van der Waals surface area contributed by atoms with E-state index in [9.17, 15) is 0 Å². The van der Waals surface area contributed by atoms with Gasteiger partial charge in [-0.1, -0.05) is 6.07 Å². The molecule has 22 heavy (non-hydrogen) atoms. The van der Waals surface area contributed by atoms with Gasteiger partial charge in [-0.2, -0.15) is 0 Å². The highest BCUT2D eigenvalue weighted by Gasteiger charge is 2.21. The fourth-order valence-corrected chi connectivity index (χ4v) is 2.84. The molecule has 1 aromatic carbocycles. The summed E-state index contributed by atoms with van der Waals surface area (Å²) in [6.45, 7) is 4.00. The largest absolute Gasteiger partial charge is 0.497 e. The maximum Gasteiger partial charge on any atom is 0.223 e. The van der Waals surface area contributed by atoms with Crippen LogP contribution < -0.4 is 15.0 Å². The van der Waals surface area contributed by atoms with Gasteiger partial charge in [0.2, 0.25) is 5.95 Å². The monoisotopic (exact) mass is 298 g/mol. The number of methoxy groups -OCH3 is 1. The molecule has 1 atom stereocenters. The predicted molar refractivity (Wildman–Crippen MR) is 88.6 cm³/mol. The molecule has 0 bridgehead atoms. The minimum atomic E-state index is 0.363. The lowest BCUT2D eigenvalue weighted by molar-refractivity contribution is 0.414. The molecule has 0 amide bonds. The van der Waals surface area contributed by atoms with Crippen molar-refractivity contribution in [2.75, 3.05) is 30.4 Å². The van der Waals surface area contributed by atoms with Crippen LogP contribution in [0.5, 0.6) is 5.75 Å². The Balaban J connectivity index is 1.68. The maximum absolute atomic E-state index is 5.32. The number of anilines is 2. The first-order valence-electron chi connectivity index (χ1n) is 7.70. The summed E-state index contributed by atoms with van der Waals surface area (Å²) in [5.74, 6) is 1.62. The summed E-state index contributed by atoms with van der Waals surface area (Å²) in [6.07, 6.45) is 4.09. The molecular formula is C17H22N4O. The topological polar surface area (TPSA) is 50.3 Å². The fourth-order valence-electron chi connectivity index (χ4n) is 2.84. The van der Waals surface area contributed by atoms with Crippen LogP contribution in [0.1, 0.15) is 18.5 Å². The third-order valence-corrected chi connectivity index (χ3v) is 3.97. The van der Waals surface area contributed by atoms with Crippen molar-refractivity contribution in [3.63, 3.8) is 0 Å². The first kappa shape index (κ1) is 14.6. The van der Waals surface area contributed by atoms with Crippen LogP contribution in [-0.4, -0.2) is 36.2 Å². The summed E-state index contributed by atoms with van der Waals surface area (Å²) < 4.78 is 5.32. The number of hydrogen-bond acceptors (Lipinski definition) is 5. The quantitative estimate of drug-likeness (QED) is 0.940. The van der Waals surface area contributed by atoms with Gasteiger partial charge in [-0.15, -0.1) is 0 Å². The van der Waals surface area contributed by atoms with Crippen LogP contribution in [0.25, 0.3) is 0 Å². The van der Waals surface area contributed by atoms with Crippen molar-refractivity contribution in [1.29, 1.82) is 0 Å². The number of ether oxygens (including phenoxy) is 1. The lowest BCUT2D eigenvalue weighted by Gasteiger charge is -2.34. The fraction of sp³-hybridized carbons (Fsp3) is 0.412. The van der Waals surface area contributed by atoms with Crippen molar-refractivity contribution in [2.24, 2.45) is 0 Å². The first-order valence-corrected chi connectivity index (χ1v) is 7.70. The minimum absolute atomic E-state index is 0.363. The average Bonchev–Trinajstić information content (AvgIpc) is 2.55. The van der Waals surface area contributed by atoms with Crippen LogP contribution in [0.15, 0.2) is 36.5 Å². The zero-order valence-corrected chi connectivity index (χ0v) is 13.1. The van der Waals surface area contributed by atoms with E-state index in [2.05, 4.69) is 32.3 Å². The Morgan fingerprint density at radius 3 is 3.05 bits per heavy atom. The molecule has 2 heterocycles. The zero-order chi connectivity index (χ0) is 15.4. The summed E-state index contributed by atoms with van der Waals surface area (Å²) in [5.41, 5.74) is 2.19. The van der Waals surface area contributed by atoms with Gasteiger partial charge in [0.25, 0.3) is 0 Å². The van der Waals surface area contributed by atoms with Crippen LogP contribution in [0.2, 0.25) is 0 Å². The van der Waals surface area contributed by atoms with Gasteiger partial charge in [0.1, 0.15) is 5.75 Å². The third kappa shape index (κ3) is 3.47. The molecule has 1 saturated heterocycles. The van der Waals surface area contributed by atoms with Crippen molar-refractivity contribution >= 4 is 11.6 Å². The van der Waals surface area contributed by atoms with E-state index in [4.69, 9.17) is 4.74 Å². The molecule has 1 aliphatic heterocycles. The minimum Gasteiger partial charge on any atom is -0.497 e. The van der Waals surface area contributed by atoms with Crippen LogP contribution in [0, 0.1) is 6.92 Å². The summed E-state index contributed by atoms with van der Waals surface area (Å²) in [5, 5.41) is 3.45. The summed E-state index contributed by atoms with van der Waals surface area (Å²) in [6, 6.07) is 10.5. The molecule has 0 saturated carbocycles. The van der Waals surface area contributed by atoms with Gasteiger partial charge in [-0.3, -0.25) is 0 Å². The molecule has 5 heteroatoms. The first-order chi connectivity index (χ1) is 10.7. The Labute approximate surface area is 131 Å². The molecule has 3 rings (SSSR count). The van der Waals surface area contributed by atoms with E-state index in [1.165, 1.54) is 5.69 Å².